The summed E-state index contributed by atoms with van der Waals surface area (Å²) >= 11 is 5.07. The van der Waals surface area contributed by atoms with Gasteiger partial charge in [-0.1, -0.05) is 33.8 Å². The molecule has 2 rings (SSSR count). The number of benzene rings is 1. The SMILES string of the molecule is COCCCn1cnnc1SCCOc1cccc(Br)c1. The van der Waals surface area contributed by atoms with Crippen molar-refractivity contribution < 1.29 is 9.47 Å². The zero-order valence-corrected chi connectivity index (χ0v) is 14.3. The maximum atomic E-state index is 5.70. The molecule has 5 nitrogen and oxygen atoms in total. The second-order valence-corrected chi connectivity index (χ2v) is 6.29. The summed E-state index contributed by atoms with van der Waals surface area (Å²) in [6.45, 7) is 2.25. The van der Waals surface area contributed by atoms with Crippen molar-refractivity contribution in [3.63, 3.8) is 0 Å². The summed E-state index contributed by atoms with van der Waals surface area (Å²) in [4.78, 5) is 0. The van der Waals surface area contributed by atoms with Gasteiger partial charge in [-0.05, 0) is 24.6 Å². The Kier molecular flexibility index (Phi) is 7.05. The maximum Gasteiger partial charge on any atom is 0.191 e. The van der Waals surface area contributed by atoms with Crippen molar-refractivity contribution in [1.29, 1.82) is 0 Å². The van der Waals surface area contributed by atoms with Crippen LogP contribution in [-0.4, -0.2) is 40.8 Å². The predicted octanol–water partition coefficient (Wildman–Crippen LogP) is 3.25. The zero-order valence-electron chi connectivity index (χ0n) is 11.9. The number of aromatic nitrogens is 3. The van der Waals surface area contributed by atoms with E-state index in [0.717, 1.165) is 40.7 Å². The Balaban J connectivity index is 1.72. The highest BCUT2D eigenvalue weighted by atomic mass is 79.9. The van der Waals surface area contributed by atoms with E-state index in [2.05, 4.69) is 26.1 Å². The fourth-order valence-corrected chi connectivity index (χ4v) is 2.87. The molecule has 0 aliphatic heterocycles. The van der Waals surface area contributed by atoms with Crippen LogP contribution in [0.3, 0.4) is 0 Å². The molecule has 0 unspecified atom stereocenters. The molecule has 21 heavy (non-hydrogen) atoms. The van der Waals surface area contributed by atoms with E-state index >= 15 is 0 Å². The fourth-order valence-electron chi connectivity index (χ4n) is 1.74. The summed E-state index contributed by atoms with van der Waals surface area (Å²) in [6, 6.07) is 7.84. The molecule has 0 atom stereocenters. The molecule has 1 heterocycles. The molecule has 0 aliphatic rings. The van der Waals surface area contributed by atoms with E-state index in [1.165, 1.54) is 0 Å². The molecule has 0 spiro atoms. The average molecular weight is 372 g/mol. The van der Waals surface area contributed by atoms with Crippen molar-refractivity contribution in [3.05, 3.63) is 35.1 Å². The van der Waals surface area contributed by atoms with Crippen molar-refractivity contribution in [2.75, 3.05) is 26.1 Å². The van der Waals surface area contributed by atoms with E-state index in [4.69, 9.17) is 9.47 Å². The molecular formula is C14H18BrN3O2S. The van der Waals surface area contributed by atoms with E-state index in [1.54, 1.807) is 25.2 Å². The van der Waals surface area contributed by atoms with Gasteiger partial charge in [-0.3, -0.25) is 0 Å². The zero-order chi connectivity index (χ0) is 14.9. The van der Waals surface area contributed by atoms with Crippen LogP contribution >= 0.6 is 27.7 Å². The predicted molar refractivity (Wildman–Crippen MR) is 86.9 cm³/mol. The minimum atomic E-state index is 0.631. The summed E-state index contributed by atoms with van der Waals surface area (Å²) in [5.74, 6) is 1.70. The van der Waals surface area contributed by atoms with Gasteiger partial charge in [-0.2, -0.15) is 0 Å². The summed E-state index contributed by atoms with van der Waals surface area (Å²) in [5, 5.41) is 9.00. The first kappa shape index (κ1) is 16.3. The molecule has 2 aromatic rings. The molecule has 0 radical (unpaired) electrons. The van der Waals surface area contributed by atoms with Crippen molar-refractivity contribution in [3.8, 4) is 5.75 Å². The summed E-state index contributed by atoms with van der Waals surface area (Å²) in [7, 11) is 1.71. The van der Waals surface area contributed by atoms with Gasteiger partial charge in [0, 0.05) is 30.5 Å². The normalized spacial score (nSPS) is 10.8. The van der Waals surface area contributed by atoms with Crippen LogP contribution in [0.25, 0.3) is 0 Å². The monoisotopic (exact) mass is 371 g/mol. The second kappa shape index (κ2) is 9.07. The number of ether oxygens (including phenoxy) is 2. The lowest BCUT2D eigenvalue weighted by molar-refractivity contribution is 0.189. The minimum Gasteiger partial charge on any atom is -0.493 e. The standard InChI is InChI=1S/C14H18BrN3O2S/c1-19-7-3-6-18-11-16-17-14(18)21-9-8-20-13-5-2-4-12(15)10-13/h2,4-5,10-11H,3,6-9H2,1H3. The van der Waals surface area contributed by atoms with Gasteiger partial charge in [-0.25, -0.2) is 0 Å². The number of methoxy groups -OCH3 is 1. The lowest BCUT2D eigenvalue weighted by atomic mass is 10.3. The Morgan fingerprint density at radius 3 is 3.05 bits per heavy atom. The Morgan fingerprint density at radius 1 is 1.33 bits per heavy atom. The van der Waals surface area contributed by atoms with Gasteiger partial charge in [0.1, 0.15) is 12.1 Å². The third-order valence-corrected chi connectivity index (χ3v) is 4.15. The molecule has 0 N–H and O–H groups in total. The number of thioether (sulfide) groups is 1. The van der Waals surface area contributed by atoms with E-state index in [0.29, 0.717) is 6.61 Å². The summed E-state index contributed by atoms with van der Waals surface area (Å²) in [5.41, 5.74) is 0. The molecule has 0 bridgehead atoms. The van der Waals surface area contributed by atoms with E-state index in [-0.39, 0.29) is 0 Å². The van der Waals surface area contributed by atoms with Crippen molar-refractivity contribution >= 4 is 27.7 Å². The number of nitrogens with zero attached hydrogens (tertiary/aromatic N) is 3. The summed E-state index contributed by atoms with van der Waals surface area (Å²) in [6.07, 6.45) is 2.71. The van der Waals surface area contributed by atoms with Gasteiger partial charge < -0.3 is 14.0 Å². The van der Waals surface area contributed by atoms with Crippen LogP contribution in [0.5, 0.6) is 5.75 Å². The van der Waals surface area contributed by atoms with Gasteiger partial charge >= 0.3 is 0 Å². The number of hydrogen-bond acceptors (Lipinski definition) is 5. The molecule has 1 aromatic carbocycles. The highest BCUT2D eigenvalue weighted by molar-refractivity contribution is 9.10. The molecule has 0 fully saturated rings. The largest absolute Gasteiger partial charge is 0.493 e. The quantitative estimate of drug-likeness (QED) is 0.500. The van der Waals surface area contributed by atoms with Crippen LogP contribution in [0.1, 0.15) is 6.42 Å². The van der Waals surface area contributed by atoms with Gasteiger partial charge in [0.15, 0.2) is 5.16 Å². The van der Waals surface area contributed by atoms with Crippen LogP contribution in [0.4, 0.5) is 0 Å². The van der Waals surface area contributed by atoms with E-state index < -0.39 is 0 Å². The first-order valence-electron chi connectivity index (χ1n) is 6.67. The molecule has 114 valence electrons. The Hall–Kier alpha value is -1.05. The van der Waals surface area contributed by atoms with Crippen molar-refractivity contribution in [2.45, 2.75) is 18.1 Å². The molecule has 7 heteroatoms. The first-order chi connectivity index (χ1) is 10.3. The van der Waals surface area contributed by atoms with Crippen LogP contribution in [0.2, 0.25) is 0 Å². The van der Waals surface area contributed by atoms with Gasteiger partial charge in [0.05, 0.1) is 6.61 Å². The lowest BCUT2D eigenvalue weighted by Gasteiger charge is -2.07. The molecule has 0 saturated heterocycles. The third-order valence-electron chi connectivity index (χ3n) is 2.71. The molecule has 1 aromatic heterocycles. The number of aryl methyl sites for hydroxylation is 1. The van der Waals surface area contributed by atoms with E-state index in [9.17, 15) is 0 Å². The van der Waals surface area contributed by atoms with Crippen LogP contribution < -0.4 is 4.74 Å². The third kappa shape index (κ3) is 5.68. The van der Waals surface area contributed by atoms with E-state index in [1.807, 2.05) is 28.8 Å². The molecule has 0 amide bonds. The van der Waals surface area contributed by atoms with Gasteiger partial charge in [0.2, 0.25) is 0 Å². The number of hydrogen-bond donors (Lipinski definition) is 0. The maximum absolute atomic E-state index is 5.70. The Bertz CT molecular complexity index is 551. The van der Waals surface area contributed by atoms with Crippen LogP contribution in [0, 0.1) is 0 Å². The smallest absolute Gasteiger partial charge is 0.191 e. The lowest BCUT2D eigenvalue weighted by Crippen LogP contribution is -2.04. The Labute approximate surface area is 137 Å². The molecular weight excluding hydrogens is 354 g/mol. The highest BCUT2D eigenvalue weighted by Crippen LogP contribution is 2.19. The molecule has 0 aliphatic carbocycles. The highest BCUT2D eigenvalue weighted by Gasteiger charge is 2.05. The van der Waals surface area contributed by atoms with Gasteiger partial charge in [0.25, 0.3) is 0 Å². The second-order valence-electron chi connectivity index (χ2n) is 4.31. The van der Waals surface area contributed by atoms with Crippen LogP contribution in [-0.2, 0) is 11.3 Å². The molecule has 0 saturated carbocycles. The number of halogens is 1. The fraction of sp³-hybridized carbons (Fsp3) is 0.429. The van der Waals surface area contributed by atoms with Gasteiger partial charge in [-0.15, -0.1) is 10.2 Å². The minimum absolute atomic E-state index is 0.631. The summed E-state index contributed by atoms with van der Waals surface area (Å²) < 4.78 is 13.8. The van der Waals surface area contributed by atoms with Crippen molar-refractivity contribution in [1.82, 2.24) is 14.8 Å². The topological polar surface area (TPSA) is 49.2 Å². The van der Waals surface area contributed by atoms with Crippen molar-refractivity contribution in [2.24, 2.45) is 0 Å². The average Bonchev–Trinajstić information content (AvgIpc) is 2.92. The first-order valence-corrected chi connectivity index (χ1v) is 8.45. The number of rotatable bonds is 9. The Morgan fingerprint density at radius 2 is 2.24 bits per heavy atom. The van der Waals surface area contributed by atoms with Crippen LogP contribution in [0.15, 0.2) is 40.2 Å².